The van der Waals surface area contributed by atoms with Crippen molar-refractivity contribution in [1.82, 2.24) is 16.0 Å². The molecular formula is C27H53N7O8. The highest BCUT2D eigenvalue weighted by Crippen LogP contribution is 2.32. The van der Waals surface area contributed by atoms with Crippen LogP contribution in [0.1, 0.15) is 32.6 Å². The van der Waals surface area contributed by atoms with Crippen LogP contribution in [-0.4, -0.2) is 139 Å². The minimum absolute atomic E-state index is 0.0478. The summed E-state index contributed by atoms with van der Waals surface area (Å²) < 4.78 is 24.4. The van der Waals surface area contributed by atoms with Crippen LogP contribution in [0.4, 0.5) is 0 Å². The average Bonchev–Trinajstić information content (AvgIpc) is 2.94. The summed E-state index contributed by atoms with van der Waals surface area (Å²) in [5.41, 5.74) is 22.6. The molecule has 15 N–H and O–H groups in total. The second-order valence-electron chi connectivity index (χ2n) is 12.5. The number of aliphatic hydroxyl groups is 4. The Morgan fingerprint density at radius 3 is 2.40 bits per heavy atom. The monoisotopic (exact) mass is 603 g/mol. The zero-order valence-corrected chi connectivity index (χ0v) is 24.7. The summed E-state index contributed by atoms with van der Waals surface area (Å²) in [5.74, 6) is 1.08. The van der Waals surface area contributed by atoms with Gasteiger partial charge in [0.25, 0.3) is 0 Å². The standard InChI is InChI=1S/C27H53N7O8/c1-27(38)12-39-26(21(37)24(27)32-2)42-23-19(34-11-15(35)8-28)7-17(31)22(20(23)36)41-25-18(4-3-16(9-29)40-25)33-10-13-5-14(30)6-13/h3,13-15,17-26,32-38H,4-12,28-31H2,1-2H3/t13?,14?,15?,17-,18+,19+,20-,21+,22+,23-,24+,25+,26+,27-/m0/s1. The molecule has 15 heteroatoms. The quantitative estimate of drug-likeness (QED) is 0.0947. The maximum atomic E-state index is 11.7. The molecule has 0 aromatic heterocycles. The van der Waals surface area contributed by atoms with Crippen LogP contribution in [0, 0.1) is 5.92 Å². The minimum Gasteiger partial charge on any atom is -0.467 e. The van der Waals surface area contributed by atoms with Crippen LogP contribution in [0.15, 0.2) is 11.8 Å². The Kier molecular flexibility index (Phi) is 12.0. The van der Waals surface area contributed by atoms with E-state index in [1.165, 1.54) is 0 Å². The Morgan fingerprint density at radius 1 is 1.05 bits per heavy atom. The van der Waals surface area contributed by atoms with E-state index >= 15 is 0 Å². The molecule has 42 heavy (non-hydrogen) atoms. The molecule has 0 amide bonds. The van der Waals surface area contributed by atoms with Crippen molar-refractivity contribution in [3.05, 3.63) is 11.8 Å². The topological polar surface area (TPSA) is 258 Å². The third-order valence-electron chi connectivity index (χ3n) is 8.97. The van der Waals surface area contributed by atoms with E-state index in [2.05, 4.69) is 16.0 Å². The smallest absolute Gasteiger partial charge is 0.215 e. The molecule has 0 aromatic rings. The zero-order chi connectivity index (χ0) is 30.6. The maximum Gasteiger partial charge on any atom is 0.215 e. The molecular weight excluding hydrogens is 550 g/mol. The molecule has 2 saturated carbocycles. The highest BCUT2D eigenvalue weighted by molar-refractivity contribution is 5.06. The van der Waals surface area contributed by atoms with Gasteiger partial charge in [0.1, 0.15) is 35.8 Å². The van der Waals surface area contributed by atoms with Gasteiger partial charge in [0.05, 0.1) is 31.3 Å². The molecule has 244 valence electrons. The van der Waals surface area contributed by atoms with Crippen molar-refractivity contribution in [2.45, 2.75) is 112 Å². The lowest BCUT2D eigenvalue weighted by Crippen LogP contribution is -2.69. The Balaban J connectivity index is 1.49. The number of hydrogen-bond acceptors (Lipinski definition) is 15. The Bertz CT molecular complexity index is 881. The van der Waals surface area contributed by atoms with Crippen molar-refractivity contribution >= 4 is 0 Å². The van der Waals surface area contributed by atoms with Gasteiger partial charge in [0.15, 0.2) is 6.29 Å². The first-order valence-corrected chi connectivity index (χ1v) is 15.1. The van der Waals surface area contributed by atoms with Crippen LogP contribution in [0.5, 0.6) is 0 Å². The van der Waals surface area contributed by atoms with Crippen LogP contribution in [0.2, 0.25) is 0 Å². The predicted molar refractivity (Wildman–Crippen MR) is 154 cm³/mol. The lowest BCUT2D eigenvalue weighted by atomic mass is 9.81. The van der Waals surface area contributed by atoms with Crippen LogP contribution >= 0.6 is 0 Å². The first kappa shape index (κ1) is 33.9. The number of nitrogens with one attached hydrogen (secondary N) is 3. The molecule has 1 saturated heterocycles. The summed E-state index contributed by atoms with van der Waals surface area (Å²) in [6.45, 7) is 2.62. The summed E-state index contributed by atoms with van der Waals surface area (Å²) in [6.07, 6.45) is -2.33. The molecule has 4 aliphatic rings. The second-order valence-corrected chi connectivity index (χ2v) is 12.5. The number of ether oxygens (including phenoxy) is 4. The van der Waals surface area contributed by atoms with Crippen molar-refractivity contribution in [2.75, 3.05) is 39.8 Å². The van der Waals surface area contributed by atoms with Crippen molar-refractivity contribution in [2.24, 2.45) is 28.9 Å². The van der Waals surface area contributed by atoms with E-state index in [1.807, 2.05) is 6.08 Å². The van der Waals surface area contributed by atoms with Crippen LogP contribution < -0.4 is 38.9 Å². The molecule has 0 radical (unpaired) electrons. The van der Waals surface area contributed by atoms with Crippen molar-refractivity contribution in [3.63, 3.8) is 0 Å². The summed E-state index contributed by atoms with van der Waals surface area (Å²) in [5, 5.41) is 53.1. The number of likely N-dealkylation sites (N-methyl/N-ethyl adjacent to an activating group) is 1. The van der Waals surface area contributed by atoms with Gasteiger partial charge in [-0.1, -0.05) is 0 Å². The largest absolute Gasteiger partial charge is 0.467 e. The highest BCUT2D eigenvalue weighted by Gasteiger charge is 2.51. The third kappa shape index (κ3) is 7.97. The Labute approximate surface area is 247 Å². The van der Waals surface area contributed by atoms with Gasteiger partial charge >= 0.3 is 0 Å². The molecule has 15 nitrogen and oxygen atoms in total. The summed E-state index contributed by atoms with van der Waals surface area (Å²) in [4.78, 5) is 0. The van der Waals surface area contributed by atoms with Gasteiger partial charge in [-0.3, -0.25) is 0 Å². The predicted octanol–water partition coefficient (Wildman–Crippen LogP) is -4.53. The fraction of sp³-hybridized carbons (Fsp3) is 0.926. The van der Waals surface area contributed by atoms with Gasteiger partial charge in [-0.15, -0.1) is 0 Å². The molecule has 0 spiro atoms. The third-order valence-corrected chi connectivity index (χ3v) is 8.97. The minimum atomic E-state index is -1.34. The Hall–Kier alpha value is -1.02. The molecule has 0 aromatic carbocycles. The van der Waals surface area contributed by atoms with E-state index in [0.717, 1.165) is 19.4 Å². The van der Waals surface area contributed by atoms with Crippen molar-refractivity contribution < 1.29 is 39.4 Å². The van der Waals surface area contributed by atoms with Crippen LogP contribution in [-0.2, 0) is 18.9 Å². The fourth-order valence-corrected chi connectivity index (χ4v) is 6.40. The van der Waals surface area contributed by atoms with Crippen molar-refractivity contribution in [1.29, 1.82) is 0 Å². The van der Waals surface area contributed by atoms with Gasteiger partial charge in [-0.05, 0) is 58.2 Å². The van der Waals surface area contributed by atoms with E-state index in [9.17, 15) is 20.4 Å². The first-order valence-electron chi connectivity index (χ1n) is 15.1. The first-order chi connectivity index (χ1) is 20.0. The number of nitrogens with two attached hydrogens (primary N) is 4. The summed E-state index contributed by atoms with van der Waals surface area (Å²) in [6, 6.07) is -1.86. The molecule has 3 fully saturated rings. The molecule has 4 rings (SSSR count). The lowest BCUT2D eigenvalue weighted by molar-refractivity contribution is -0.304. The maximum absolute atomic E-state index is 11.7. The zero-order valence-electron chi connectivity index (χ0n) is 24.7. The average molecular weight is 604 g/mol. The highest BCUT2D eigenvalue weighted by atomic mass is 16.7. The number of hydrogen-bond donors (Lipinski definition) is 11. The lowest BCUT2D eigenvalue weighted by Gasteiger charge is -2.49. The van der Waals surface area contributed by atoms with Gasteiger partial charge in [-0.2, -0.15) is 0 Å². The van der Waals surface area contributed by atoms with Gasteiger partial charge < -0.3 is 78.3 Å². The molecule has 12 atom stereocenters. The van der Waals surface area contributed by atoms with Crippen LogP contribution in [0.25, 0.3) is 0 Å². The van der Waals surface area contributed by atoms with Gasteiger partial charge in [0, 0.05) is 31.2 Å². The molecule has 2 aliphatic carbocycles. The molecule has 2 heterocycles. The van der Waals surface area contributed by atoms with E-state index < -0.39 is 66.8 Å². The van der Waals surface area contributed by atoms with Crippen molar-refractivity contribution in [3.8, 4) is 0 Å². The second kappa shape index (κ2) is 14.8. The fourth-order valence-electron chi connectivity index (χ4n) is 6.40. The van der Waals surface area contributed by atoms with E-state index in [0.29, 0.717) is 24.5 Å². The summed E-state index contributed by atoms with van der Waals surface area (Å²) in [7, 11) is 1.62. The Morgan fingerprint density at radius 2 is 1.76 bits per heavy atom. The van der Waals surface area contributed by atoms with Gasteiger partial charge in [0.2, 0.25) is 6.29 Å². The van der Waals surface area contributed by atoms with Gasteiger partial charge in [-0.25, -0.2) is 0 Å². The van der Waals surface area contributed by atoms with E-state index in [-0.39, 0.29) is 38.3 Å². The normalized spacial score (nSPS) is 45.0. The van der Waals surface area contributed by atoms with E-state index in [1.54, 1.807) is 14.0 Å². The summed E-state index contributed by atoms with van der Waals surface area (Å²) >= 11 is 0. The van der Waals surface area contributed by atoms with E-state index in [4.69, 9.17) is 41.9 Å². The molecule has 0 bridgehead atoms. The number of aliphatic hydroxyl groups excluding tert-OH is 3. The molecule has 1 unspecified atom stereocenters. The van der Waals surface area contributed by atoms with Crippen LogP contribution in [0.3, 0.4) is 0 Å². The number of rotatable bonds is 13. The molecule has 2 aliphatic heterocycles. The SMILES string of the molecule is CN[C@@H]1[C@@H](O)[C@@H](O[C@@H]2[C@@H](O)[C@H](O[C@H]3OC(CN)=CC[C@H]3NCC3CC(N)C3)[C@@H](N)C[C@H]2NCC(O)CN)OC[C@]1(C)O.